The number of quaternary nitrogens is 1. The Balaban J connectivity index is 2.52. The molecule has 6 heteroatoms. The van der Waals surface area contributed by atoms with Crippen LogP contribution in [0.1, 0.15) is 81.5 Å². The third-order valence-corrected chi connectivity index (χ3v) is 6.79. The molecule has 0 aromatic heterocycles. The SMILES string of the molecule is CC#Cc1cc(OCCCC)c(C#Cc2cc(OCCCBr)c(C)cc2OCCC[N+](C)(C)C)cc1OCCCC. The fraction of sp³-hybridized carbons (Fsp3) is 0.543. The van der Waals surface area contributed by atoms with Crippen LogP contribution in [-0.2, 0) is 0 Å². The highest BCUT2D eigenvalue weighted by atomic mass is 79.9. The summed E-state index contributed by atoms with van der Waals surface area (Å²) in [4.78, 5) is 0. The molecular weight excluding hydrogens is 578 g/mol. The molecule has 0 aliphatic rings. The van der Waals surface area contributed by atoms with Crippen LogP contribution in [0, 0.1) is 30.6 Å². The zero-order valence-electron chi connectivity index (χ0n) is 26.3. The smallest absolute Gasteiger partial charge is 0.136 e. The van der Waals surface area contributed by atoms with Gasteiger partial charge in [0, 0.05) is 23.9 Å². The molecule has 0 atom stereocenters. The number of nitrogens with zero attached hydrogens (tertiary/aromatic N) is 1. The fourth-order valence-electron chi connectivity index (χ4n) is 3.91. The molecule has 0 fully saturated rings. The standard InChI is InChI=1S/C35H49BrNO4/c1-8-11-20-39-34-27-31(35(40-21-12-9-2)26-29(34)15-10-3)17-16-30-25-32(38-22-13-18-36)28(4)24-33(30)41-23-14-19-37(5,6)7/h24-27H,8-9,11-14,18-23H2,1-7H3/q+1. The lowest BCUT2D eigenvalue weighted by molar-refractivity contribution is -0.870. The second-order valence-electron chi connectivity index (χ2n) is 11.1. The molecule has 0 saturated carbocycles. The third kappa shape index (κ3) is 12.7. The molecule has 0 aliphatic heterocycles. The largest absolute Gasteiger partial charge is 0.493 e. The van der Waals surface area contributed by atoms with Gasteiger partial charge in [-0.1, -0.05) is 60.4 Å². The Kier molecular flexibility index (Phi) is 15.6. The van der Waals surface area contributed by atoms with Gasteiger partial charge in [-0.3, -0.25) is 0 Å². The third-order valence-electron chi connectivity index (χ3n) is 6.23. The van der Waals surface area contributed by atoms with E-state index in [2.05, 4.69) is 74.6 Å². The van der Waals surface area contributed by atoms with Gasteiger partial charge in [0.2, 0.25) is 0 Å². The Labute approximate surface area is 257 Å². The number of ether oxygens (including phenoxy) is 4. The predicted octanol–water partition coefficient (Wildman–Crippen LogP) is 7.76. The molecular formula is C35H49BrNO4+. The first kappa shape index (κ1) is 34.4. The van der Waals surface area contributed by atoms with Crippen molar-refractivity contribution in [2.24, 2.45) is 0 Å². The van der Waals surface area contributed by atoms with Gasteiger partial charge in [-0.2, -0.15) is 0 Å². The number of halogens is 1. The van der Waals surface area contributed by atoms with Gasteiger partial charge >= 0.3 is 0 Å². The summed E-state index contributed by atoms with van der Waals surface area (Å²) in [6.45, 7) is 11.7. The Morgan fingerprint density at radius 2 is 1.07 bits per heavy atom. The highest BCUT2D eigenvalue weighted by Crippen LogP contribution is 2.31. The summed E-state index contributed by atoms with van der Waals surface area (Å²) in [6.07, 6.45) is 5.93. The summed E-state index contributed by atoms with van der Waals surface area (Å²) in [5.41, 5.74) is 3.41. The monoisotopic (exact) mass is 626 g/mol. The first-order valence-electron chi connectivity index (χ1n) is 14.9. The van der Waals surface area contributed by atoms with Crippen LogP contribution in [0.2, 0.25) is 0 Å². The van der Waals surface area contributed by atoms with E-state index in [-0.39, 0.29) is 0 Å². The van der Waals surface area contributed by atoms with E-state index < -0.39 is 0 Å². The molecule has 0 amide bonds. The first-order valence-corrected chi connectivity index (χ1v) is 16.0. The topological polar surface area (TPSA) is 36.9 Å². The Bertz CT molecular complexity index is 1210. The molecule has 2 rings (SSSR count). The molecule has 5 nitrogen and oxygen atoms in total. The molecule has 2 aromatic carbocycles. The minimum Gasteiger partial charge on any atom is -0.493 e. The summed E-state index contributed by atoms with van der Waals surface area (Å²) in [5, 5.41) is 0.897. The lowest BCUT2D eigenvalue weighted by atomic mass is 10.1. The summed E-state index contributed by atoms with van der Waals surface area (Å²) in [7, 11) is 6.58. The second-order valence-corrected chi connectivity index (χ2v) is 11.9. The van der Waals surface area contributed by atoms with Crippen molar-refractivity contribution in [3.05, 3.63) is 46.5 Å². The van der Waals surface area contributed by atoms with Gasteiger partial charge in [-0.25, -0.2) is 0 Å². The van der Waals surface area contributed by atoms with Gasteiger partial charge in [0.1, 0.15) is 23.0 Å². The van der Waals surface area contributed by atoms with Gasteiger partial charge in [0.15, 0.2) is 0 Å². The molecule has 0 unspecified atom stereocenters. The average Bonchev–Trinajstić information content (AvgIpc) is 2.92. The molecule has 0 aliphatic carbocycles. The lowest BCUT2D eigenvalue weighted by Gasteiger charge is -2.23. The van der Waals surface area contributed by atoms with Crippen molar-refractivity contribution in [1.82, 2.24) is 0 Å². The first-order chi connectivity index (χ1) is 19.7. The van der Waals surface area contributed by atoms with E-state index in [1.807, 2.05) is 38.1 Å². The number of alkyl halides is 1. The van der Waals surface area contributed by atoms with Crippen LogP contribution in [0.4, 0.5) is 0 Å². The van der Waals surface area contributed by atoms with Crippen LogP contribution in [-0.4, -0.2) is 63.9 Å². The Hall–Kier alpha value is -2.80. The lowest BCUT2D eigenvalue weighted by Crippen LogP contribution is -2.35. The van der Waals surface area contributed by atoms with E-state index in [4.69, 9.17) is 18.9 Å². The minimum atomic E-state index is 0.622. The predicted molar refractivity (Wildman–Crippen MR) is 174 cm³/mol. The van der Waals surface area contributed by atoms with Gasteiger partial charge in [0.05, 0.1) is 70.8 Å². The van der Waals surface area contributed by atoms with Crippen LogP contribution < -0.4 is 18.9 Å². The highest BCUT2D eigenvalue weighted by molar-refractivity contribution is 9.09. The quantitative estimate of drug-likeness (QED) is 0.0778. The van der Waals surface area contributed by atoms with Crippen molar-refractivity contribution >= 4 is 15.9 Å². The number of hydrogen-bond acceptors (Lipinski definition) is 4. The van der Waals surface area contributed by atoms with Gasteiger partial charge in [-0.15, -0.1) is 5.92 Å². The van der Waals surface area contributed by atoms with E-state index in [9.17, 15) is 0 Å². The summed E-state index contributed by atoms with van der Waals surface area (Å²) < 4.78 is 25.6. The molecule has 41 heavy (non-hydrogen) atoms. The Morgan fingerprint density at radius 3 is 1.56 bits per heavy atom. The van der Waals surface area contributed by atoms with E-state index in [1.54, 1.807) is 0 Å². The molecule has 0 spiro atoms. The van der Waals surface area contributed by atoms with Crippen molar-refractivity contribution in [2.75, 3.05) is 59.4 Å². The molecule has 0 radical (unpaired) electrons. The van der Waals surface area contributed by atoms with Gasteiger partial charge in [0.25, 0.3) is 0 Å². The number of rotatable bonds is 17. The van der Waals surface area contributed by atoms with Crippen molar-refractivity contribution in [3.8, 4) is 46.7 Å². The highest BCUT2D eigenvalue weighted by Gasteiger charge is 2.13. The maximum Gasteiger partial charge on any atom is 0.136 e. The average molecular weight is 628 g/mol. The summed E-state index contributed by atoms with van der Waals surface area (Å²) in [6, 6.07) is 7.97. The Morgan fingerprint density at radius 1 is 0.634 bits per heavy atom. The van der Waals surface area contributed by atoms with Gasteiger partial charge in [-0.05, 0) is 50.8 Å². The summed E-state index contributed by atoms with van der Waals surface area (Å²) in [5.74, 6) is 16.0. The molecule has 0 heterocycles. The van der Waals surface area contributed by atoms with Crippen molar-refractivity contribution in [3.63, 3.8) is 0 Å². The normalized spacial score (nSPS) is 10.7. The van der Waals surface area contributed by atoms with Crippen LogP contribution in [0.15, 0.2) is 24.3 Å². The second kappa shape index (κ2) is 18.6. The maximum absolute atomic E-state index is 6.28. The molecule has 224 valence electrons. The van der Waals surface area contributed by atoms with Gasteiger partial charge < -0.3 is 23.4 Å². The van der Waals surface area contributed by atoms with Crippen LogP contribution >= 0.6 is 15.9 Å². The van der Waals surface area contributed by atoms with Crippen LogP contribution in [0.25, 0.3) is 0 Å². The number of aryl methyl sites for hydroxylation is 1. The van der Waals surface area contributed by atoms with Crippen molar-refractivity contribution in [2.45, 2.75) is 66.2 Å². The van der Waals surface area contributed by atoms with E-state index in [1.165, 1.54) is 0 Å². The number of benzene rings is 2. The minimum absolute atomic E-state index is 0.622. The number of hydrogen-bond donors (Lipinski definition) is 0. The van der Waals surface area contributed by atoms with E-state index in [0.29, 0.717) is 26.4 Å². The molecule has 0 saturated heterocycles. The van der Waals surface area contributed by atoms with Crippen LogP contribution in [0.3, 0.4) is 0 Å². The molecule has 0 N–H and O–H groups in total. The van der Waals surface area contributed by atoms with Crippen molar-refractivity contribution < 1.29 is 23.4 Å². The van der Waals surface area contributed by atoms with Crippen molar-refractivity contribution in [1.29, 1.82) is 0 Å². The number of unbranched alkanes of at least 4 members (excludes halogenated alkanes) is 2. The van der Waals surface area contributed by atoms with E-state index in [0.717, 1.165) is 100 Å². The molecule has 2 aromatic rings. The summed E-state index contributed by atoms with van der Waals surface area (Å²) >= 11 is 3.48. The van der Waals surface area contributed by atoms with Crippen LogP contribution in [0.5, 0.6) is 23.0 Å². The zero-order valence-corrected chi connectivity index (χ0v) is 27.8. The maximum atomic E-state index is 6.28. The fourth-order valence-corrected chi connectivity index (χ4v) is 4.14. The van der Waals surface area contributed by atoms with E-state index >= 15 is 0 Å². The zero-order chi connectivity index (χ0) is 30.1. The molecule has 0 bridgehead atoms.